The first-order chi connectivity index (χ1) is 12.9. The van der Waals surface area contributed by atoms with Gasteiger partial charge in [-0.25, -0.2) is 9.79 Å². The number of aliphatic imine (C=N–C) groups is 1. The topological polar surface area (TPSA) is 68.2 Å². The maximum atomic E-state index is 13.5. The normalized spacial score (nSPS) is 22.4. The molecule has 2 rings (SSSR count). The molecule has 1 heterocycles. The number of carbonyl (C=O) groups is 2. The van der Waals surface area contributed by atoms with Crippen LogP contribution in [0.2, 0.25) is 0 Å². The van der Waals surface area contributed by atoms with Gasteiger partial charge in [0.15, 0.2) is 11.4 Å². The van der Waals surface area contributed by atoms with Gasteiger partial charge in [0.25, 0.3) is 5.91 Å². The predicted octanol–water partition coefficient (Wildman–Crippen LogP) is 3.66. The van der Waals surface area contributed by atoms with Crippen LogP contribution in [0.15, 0.2) is 35.3 Å². The highest BCUT2D eigenvalue weighted by Gasteiger charge is 2.54. The molecular weight excluding hydrogens is 344 g/mol. The number of carbonyl (C=O) groups excluding carboxylic acids is 2. The van der Waals surface area contributed by atoms with Crippen molar-refractivity contribution < 1.29 is 19.1 Å². The summed E-state index contributed by atoms with van der Waals surface area (Å²) >= 11 is 0. The lowest BCUT2D eigenvalue weighted by atomic mass is 9.83. The Kier molecular flexibility index (Phi) is 6.99. The number of ether oxygens (including phenoxy) is 2. The van der Waals surface area contributed by atoms with E-state index in [1.807, 2.05) is 32.0 Å². The Hall–Kier alpha value is -2.37. The predicted molar refractivity (Wildman–Crippen MR) is 105 cm³/mol. The fourth-order valence-corrected chi connectivity index (χ4v) is 3.59. The second-order valence-electron chi connectivity index (χ2n) is 7.23. The molecular formula is C21H30N2O4. The molecule has 148 valence electrons. The minimum atomic E-state index is -1.13. The third kappa shape index (κ3) is 4.15. The quantitative estimate of drug-likeness (QED) is 0.713. The lowest BCUT2D eigenvalue weighted by Gasteiger charge is -2.48. The van der Waals surface area contributed by atoms with Gasteiger partial charge in [-0.3, -0.25) is 9.69 Å². The molecule has 0 aromatic heterocycles. The number of amides is 1. The van der Waals surface area contributed by atoms with Gasteiger partial charge in [0.2, 0.25) is 0 Å². The van der Waals surface area contributed by atoms with Crippen LogP contribution in [-0.2, 0) is 14.3 Å². The van der Waals surface area contributed by atoms with Gasteiger partial charge >= 0.3 is 5.97 Å². The van der Waals surface area contributed by atoms with Crippen LogP contribution in [0, 0.1) is 5.92 Å². The van der Waals surface area contributed by atoms with Gasteiger partial charge in [-0.2, -0.15) is 0 Å². The van der Waals surface area contributed by atoms with Crippen molar-refractivity contribution in [3.63, 3.8) is 0 Å². The Morgan fingerprint density at radius 2 is 1.93 bits per heavy atom. The molecule has 0 bridgehead atoms. The van der Waals surface area contributed by atoms with E-state index in [2.05, 4.69) is 11.9 Å². The van der Waals surface area contributed by atoms with Gasteiger partial charge in [0.1, 0.15) is 6.17 Å². The van der Waals surface area contributed by atoms with E-state index in [9.17, 15) is 9.59 Å². The third-order valence-corrected chi connectivity index (χ3v) is 5.03. The largest absolute Gasteiger partial charge is 0.484 e. The van der Waals surface area contributed by atoms with Gasteiger partial charge in [0.05, 0.1) is 20.6 Å². The summed E-state index contributed by atoms with van der Waals surface area (Å²) in [5, 5.41) is 0. The summed E-state index contributed by atoms with van der Waals surface area (Å²) in [6.45, 7) is 6.03. The number of hydrogen-bond donors (Lipinski definition) is 0. The summed E-state index contributed by atoms with van der Waals surface area (Å²) in [5.41, 5.74) is -0.594. The van der Waals surface area contributed by atoms with Crippen molar-refractivity contribution in [1.29, 1.82) is 0 Å². The Morgan fingerprint density at radius 3 is 2.44 bits per heavy atom. The van der Waals surface area contributed by atoms with Crippen molar-refractivity contribution in [2.24, 2.45) is 10.9 Å². The van der Waals surface area contributed by atoms with Crippen molar-refractivity contribution in [3.05, 3.63) is 35.9 Å². The van der Waals surface area contributed by atoms with Crippen LogP contribution >= 0.6 is 0 Å². The maximum Gasteiger partial charge on any atom is 0.332 e. The highest BCUT2D eigenvalue weighted by atomic mass is 16.5. The van der Waals surface area contributed by atoms with Crippen LogP contribution in [0.4, 0.5) is 0 Å². The fraction of sp³-hybridized carbons (Fsp3) is 0.571. The molecule has 1 aromatic rings. The first-order valence-electron chi connectivity index (χ1n) is 9.49. The van der Waals surface area contributed by atoms with Crippen LogP contribution in [0.3, 0.4) is 0 Å². The van der Waals surface area contributed by atoms with Crippen molar-refractivity contribution >= 4 is 17.8 Å². The van der Waals surface area contributed by atoms with E-state index in [-0.39, 0.29) is 18.2 Å². The molecule has 1 amide bonds. The lowest BCUT2D eigenvalue weighted by Crippen LogP contribution is -2.65. The summed E-state index contributed by atoms with van der Waals surface area (Å²) in [6.07, 6.45) is 1.91. The standard InChI is InChI=1S/C21H30N2O4/c1-6-7-13-21(20(25)27-5)14-17(26-4)22-18(15(2)3)23(21)19(24)16-11-9-8-10-12-16/h8-12,15,18H,6-7,13-14H2,1-5H3. The average molecular weight is 374 g/mol. The molecule has 6 nitrogen and oxygen atoms in total. The first kappa shape index (κ1) is 20.9. The molecule has 1 aliphatic rings. The summed E-state index contributed by atoms with van der Waals surface area (Å²) in [7, 11) is 2.91. The highest BCUT2D eigenvalue weighted by molar-refractivity contribution is 6.01. The van der Waals surface area contributed by atoms with Gasteiger partial charge in [-0.05, 0) is 24.5 Å². The SMILES string of the molecule is CCCCC1(C(=O)OC)CC(OC)=NC(C(C)C)N1C(=O)c1ccccc1. The van der Waals surface area contributed by atoms with Crippen LogP contribution in [-0.4, -0.2) is 48.6 Å². The molecule has 0 fully saturated rings. The van der Waals surface area contributed by atoms with E-state index < -0.39 is 17.7 Å². The summed E-state index contributed by atoms with van der Waals surface area (Å²) < 4.78 is 10.6. The minimum absolute atomic E-state index is 0.00812. The molecule has 2 unspecified atom stereocenters. The molecule has 1 aromatic carbocycles. The number of rotatable bonds is 6. The van der Waals surface area contributed by atoms with E-state index in [0.29, 0.717) is 17.9 Å². The first-order valence-corrected chi connectivity index (χ1v) is 9.49. The molecule has 27 heavy (non-hydrogen) atoms. The Morgan fingerprint density at radius 1 is 1.26 bits per heavy atom. The molecule has 2 atom stereocenters. The van der Waals surface area contributed by atoms with E-state index >= 15 is 0 Å². The molecule has 0 N–H and O–H groups in total. The van der Waals surface area contributed by atoms with Crippen LogP contribution < -0.4 is 0 Å². The summed E-state index contributed by atoms with van der Waals surface area (Å²) in [6, 6.07) is 9.02. The van der Waals surface area contributed by atoms with Gasteiger partial charge in [-0.1, -0.05) is 51.8 Å². The third-order valence-electron chi connectivity index (χ3n) is 5.03. The van der Waals surface area contributed by atoms with Gasteiger partial charge in [-0.15, -0.1) is 0 Å². The number of benzene rings is 1. The van der Waals surface area contributed by atoms with Crippen molar-refractivity contribution in [2.75, 3.05) is 14.2 Å². The fourth-order valence-electron chi connectivity index (χ4n) is 3.59. The average Bonchev–Trinajstić information content (AvgIpc) is 2.70. The highest BCUT2D eigenvalue weighted by Crippen LogP contribution is 2.38. The summed E-state index contributed by atoms with van der Waals surface area (Å²) in [5.74, 6) is -0.147. The molecule has 0 radical (unpaired) electrons. The van der Waals surface area contributed by atoms with E-state index in [1.165, 1.54) is 7.11 Å². The van der Waals surface area contributed by atoms with E-state index in [0.717, 1.165) is 12.8 Å². The van der Waals surface area contributed by atoms with Crippen molar-refractivity contribution in [1.82, 2.24) is 4.90 Å². The molecule has 1 aliphatic heterocycles. The Labute approximate surface area is 161 Å². The van der Waals surface area contributed by atoms with Gasteiger partial charge < -0.3 is 9.47 Å². The number of nitrogens with zero attached hydrogens (tertiary/aromatic N) is 2. The number of unbranched alkanes of at least 4 members (excludes halogenated alkanes) is 1. The zero-order valence-corrected chi connectivity index (χ0v) is 16.9. The Bertz CT molecular complexity index is 687. The van der Waals surface area contributed by atoms with Crippen molar-refractivity contribution in [3.8, 4) is 0 Å². The van der Waals surface area contributed by atoms with E-state index in [4.69, 9.17) is 9.47 Å². The van der Waals surface area contributed by atoms with Crippen LogP contribution in [0.1, 0.15) is 56.8 Å². The monoisotopic (exact) mass is 374 g/mol. The molecule has 0 spiro atoms. The molecule has 0 saturated carbocycles. The second-order valence-corrected chi connectivity index (χ2v) is 7.23. The lowest BCUT2D eigenvalue weighted by molar-refractivity contribution is -0.157. The molecule has 6 heteroatoms. The molecule has 0 aliphatic carbocycles. The maximum absolute atomic E-state index is 13.5. The Balaban J connectivity index is 2.65. The molecule has 0 saturated heterocycles. The zero-order valence-electron chi connectivity index (χ0n) is 16.9. The number of hydrogen-bond acceptors (Lipinski definition) is 5. The van der Waals surface area contributed by atoms with Gasteiger partial charge in [0, 0.05) is 5.56 Å². The zero-order chi connectivity index (χ0) is 20.0. The summed E-state index contributed by atoms with van der Waals surface area (Å²) in [4.78, 5) is 32.8. The smallest absolute Gasteiger partial charge is 0.332 e. The van der Waals surface area contributed by atoms with Crippen LogP contribution in [0.5, 0.6) is 0 Å². The number of esters is 1. The number of methoxy groups -OCH3 is 2. The minimum Gasteiger partial charge on any atom is -0.484 e. The second kappa shape index (κ2) is 9.02. The van der Waals surface area contributed by atoms with Crippen molar-refractivity contribution in [2.45, 2.75) is 58.2 Å². The van der Waals surface area contributed by atoms with E-state index in [1.54, 1.807) is 24.1 Å². The van der Waals surface area contributed by atoms with Crippen LogP contribution in [0.25, 0.3) is 0 Å².